The summed E-state index contributed by atoms with van der Waals surface area (Å²) in [5.74, 6) is -0.402. The highest BCUT2D eigenvalue weighted by molar-refractivity contribution is 7.66. The van der Waals surface area contributed by atoms with Gasteiger partial charge in [-0.25, -0.2) is 0 Å². The largest absolute Gasteiger partial charge is 0.369 e. The molecule has 1 fully saturated rings. The van der Waals surface area contributed by atoms with Gasteiger partial charge in [-0.15, -0.1) is 0 Å². The highest BCUT2D eigenvalue weighted by Crippen LogP contribution is 2.51. The fraction of sp³-hybridized carbons (Fsp3) is 0.417. The van der Waals surface area contributed by atoms with Gasteiger partial charge in [-0.1, -0.05) is 25.1 Å². The Kier molecular flexibility index (Phi) is 2.88. The van der Waals surface area contributed by atoms with Crippen molar-refractivity contribution >= 4 is 18.6 Å². The third-order valence-corrected chi connectivity index (χ3v) is 5.45. The van der Waals surface area contributed by atoms with Crippen molar-refractivity contribution in [1.82, 2.24) is 0 Å². The molecule has 1 aromatic carbocycles. The zero-order valence-electron chi connectivity index (χ0n) is 9.72. The Morgan fingerprint density at radius 3 is 2.53 bits per heavy atom. The van der Waals surface area contributed by atoms with Crippen LogP contribution in [0.4, 0.5) is 0 Å². The van der Waals surface area contributed by atoms with Crippen molar-refractivity contribution in [1.29, 1.82) is 0 Å². The second-order valence-electron chi connectivity index (χ2n) is 4.48. The molecule has 0 aromatic heterocycles. The smallest absolute Gasteiger partial charge is 0.229 e. The number of nitrogens with two attached hydrogens (primary N) is 1. The van der Waals surface area contributed by atoms with Gasteiger partial charge >= 0.3 is 0 Å². The minimum Gasteiger partial charge on any atom is -0.369 e. The first-order chi connectivity index (χ1) is 7.94. The van der Waals surface area contributed by atoms with Crippen molar-refractivity contribution in [2.75, 3.05) is 6.16 Å². The Morgan fingerprint density at radius 1 is 1.47 bits per heavy atom. The summed E-state index contributed by atoms with van der Waals surface area (Å²) in [6.07, 6.45) is 1.50. The number of hydrogen-bond acceptors (Lipinski definition) is 2. The summed E-state index contributed by atoms with van der Waals surface area (Å²) in [6, 6.07) is 6.86. The molecule has 4 nitrogen and oxygen atoms in total. The molecule has 3 N–H and O–H groups in total. The highest BCUT2D eigenvalue weighted by Gasteiger charge is 2.52. The molecular formula is C12H16NO3P. The van der Waals surface area contributed by atoms with Crippen molar-refractivity contribution in [2.24, 2.45) is 5.73 Å². The fourth-order valence-electron chi connectivity index (χ4n) is 2.13. The van der Waals surface area contributed by atoms with Crippen LogP contribution in [0.3, 0.4) is 0 Å². The Bertz CT molecular complexity index is 508. The van der Waals surface area contributed by atoms with Crippen molar-refractivity contribution in [2.45, 2.75) is 25.2 Å². The lowest BCUT2D eigenvalue weighted by Gasteiger charge is -2.19. The molecule has 1 aromatic rings. The van der Waals surface area contributed by atoms with Crippen LogP contribution in [-0.4, -0.2) is 17.0 Å². The molecule has 1 atom stereocenters. The normalized spacial score (nSPS) is 20.6. The van der Waals surface area contributed by atoms with Crippen molar-refractivity contribution in [3.63, 3.8) is 0 Å². The van der Waals surface area contributed by atoms with Gasteiger partial charge in [0.15, 0.2) is 0 Å². The molecule has 0 saturated heterocycles. The molecule has 0 bridgehead atoms. The van der Waals surface area contributed by atoms with Crippen LogP contribution in [0.5, 0.6) is 0 Å². The molecule has 0 spiro atoms. The van der Waals surface area contributed by atoms with Gasteiger partial charge in [-0.2, -0.15) is 0 Å². The van der Waals surface area contributed by atoms with Crippen LogP contribution >= 0.6 is 7.37 Å². The Labute approximate surface area is 100 Å². The highest BCUT2D eigenvalue weighted by atomic mass is 31.2. The van der Waals surface area contributed by atoms with Gasteiger partial charge in [-0.05, 0) is 24.5 Å². The maximum absolute atomic E-state index is 12.1. The van der Waals surface area contributed by atoms with Gasteiger partial charge < -0.3 is 10.6 Å². The summed E-state index contributed by atoms with van der Waals surface area (Å²) in [6.45, 7) is 1.67. The van der Waals surface area contributed by atoms with Crippen LogP contribution in [0.2, 0.25) is 0 Å². The first-order valence-corrected chi connectivity index (χ1v) is 7.50. The van der Waals surface area contributed by atoms with Gasteiger partial charge in [0.2, 0.25) is 13.3 Å². The number of carbonyl (C=O) groups excluding carboxylic acids is 1. The second-order valence-corrected chi connectivity index (χ2v) is 7.00. The lowest BCUT2D eigenvalue weighted by atomic mass is 9.95. The van der Waals surface area contributed by atoms with E-state index < -0.39 is 18.7 Å². The molecular weight excluding hydrogens is 237 g/mol. The maximum atomic E-state index is 12.1. The summed E-state index contributed by atoms with van der Waals surface area (Å²) in [5, 5.41) is 0.388. The van der Waals surface area contributed by atoms with Gasteiger partial charge in [-0.3, -0.25) is 9.36 Å². The van der Waals surface area contributed by atoms with Crippen LogP contribution in [0.1, 0.15) is 25.3 Å². The van der Waals surface area contributed by atoms with E-state index in [0.717, 1.165) is 0 Å². The van der Waals surface area contributed by atoms with Crippen LogP contribution in [0, 0.1) is 0 Å². The second kappa shape index (κ2) is 3.97. The third-order valence-electron chi connectivity index (χ3n) is 3.45. The lowest BCUT2D eigenvalue weighted by Crippen LogP contribution is -2.32. The van der Waals surface area contributed by atoms with Gasteiger partial charge in [0, 0.05) is 11.5 Å². The number of primary amides is 1. The average molecular weight is 253 g/mol. The van der Waals surface area contributed by atoms with E-state index in [2.05, 4.69) is 0 Å². The molecule has 1 aliphatic rings. The zero-order valence-corrected chi connectivity index (χ0v) is 10.6. The van der Waals surface area contributed by atoms with E-state index >= 15 is 0 Å². The Morgan fingerprint density at radius 2 is 2.06 bits per heavy atom. The molecule has 1 aliphatic carbocycles. The van der Waals surface area contributed by atoms with E-state index in [-0.39, 0.29) is 6.16 Å². The monoisotopic (exact) mass is 253 g/mol. The molecule has 5 heteroatoms. The summed E-state index contributed by atoms with van der Waals surface area (Å²) < 4.78 is 12.1. The number of rotatable bonds is 4. The summed E-state index contributed by atoms with van der Waals surface area (Å²) in [7, 11) is -3.37. The molecule has 0 radical (unpaired) electrons. The topological polar surface area (TPSA) is 80.4 Å². The molecule has 0 aliphatic heterocycles. The average Bonchev–Trinajstić information content (AvgIpc) is 3.10. The van der Waals surface area contributed by atoms with Gasteiger partial charge in [0.1, 0.15) is 0 Å². The Hall–Kier alpha value is -1.12. The molecule has 17 heavy (non-hydrogen) atoms. The minimum absolute atomic E-state index is 0.166. The maximum Gasteiger partial charge on any atom is 0.229 e. The standard InChI is InChI=1S/C12H16NO3P/c1-2-17(15,16)10-6-4-3-5-9(10)12(7-8-12)11(13)14/h3-6H,2,7-8H2,1H3,(H2,13,14)(H,15,16). The first kappa shape index (κ1) is 12.3. The van der Waals surface area contributed by atoms with E-state index in [1.807, 2.05) is 0 Å². The predicted molar refractivity (Wildman–Crippen MR) is 66.5 cm³/mol. The number of carbonyl (C=O) groups is 1. The molecule has 1 amide bonds. The SMILES string of the molecule is CCP(=O)(O)c1ccccc1C1(C(N)=O)CC1. The van der Waals surface area contributed by atoms with Crippen LogP contribution < -0.4 is 11.0 Å². The van der Waals surface area contributed by atoms with E-state index in [9.17, 15) is 14.3 Å². The van der Waals surface area contributed by atoms with Gasteiger partial charge in [0.05, 0.1) is 5.41 Å². The van der Waals surface area contributed by atoms with Crippen molar-refractivity contribution < 1.29 is 14.3 Å². The Balaban J connectivity index is 2.57. The van der Waals surface area contributed by atoms with E-state index in [1.54, 1.807) is 31.2 Å². The molecule has 1 saturated carbocycles. The lowest BCUT2D eigenvalue weighted by molar-refractivity contribution is -0.120. The summed E-state index contributed by atoms with van der Waals surface area (Å²) in [4.78, 5) is 21.5. The summed E-state index contributed by atoms with van der Waals surface area (Å²) >= 11 is 0. The van der Waals surface area contributed by atoms with Crippen LogP contribution in [0.25, 0.3) is 0 Å². The number of benzene rings is 1. The van der Waals surface area contributed by atoms with E-state index in [4.69, 9.17) is 5.73 Å². The zero-order chi connectivity index (χ0) is 12.7. The third kappa shape index (κ3) is 1.92. The molecule has 0 heterocycles. The summed E-state index contributed by atoms with van der Waals surface area (Å²) in [5.41, 5.74) is 5.34. The molecule has 1 unspecified atom stereocenters. The fourth-order valence-corrected chi connectivity index (χ4v) is 3.45. The minimum atomic E-state index is -3.37. The predicted octanol–water partition coefficient (Wildman–Crippen LogP) is 1.12. The van der Waals surface area contributed by atoms with Crippen LogP contribution in [-0.2, 0) is 14.8 Å². The van der Waals surface area contributed by atoms with E-state index in [0.29, 0.717) is 23.7 Å². The van der Waals surface area contributed by atoms with Crippen LogP contribution in [0.15, 0.2) is 24.3 Å². The molecule has 92 valence electrons. The molecule has 2 rings (SSSR count). The van der Waals surface area contributed by atoms with E-state index in [1.165, 1.54) is 0 Å². The van der Waals surface area contributed by atoms with Gasteiger partial charge in [0.25, 0.3) is 0 Å². The first-order valence-electron chi connectivity index (χ1n) is 5.66. The van der Waals surface area contributed by atoms with Crippen molar-refractivity contribution in [3.8, 4) is 0 Å². The number of hydrogen-bond donors (Lipinski definition) is 2. The van der Waals surface area contributed by atoms with Crippen molar-refractivity contribution in [3.05, 3.63) is 29.8 Å². The quantitative estimate of drug-likeness (QED) is 0.789. The number of amides is 1.